The summed E-state index contributed by atoms with van der Waals surface area (Å²) in [6, 6.07) is 21.9. The summed E-state index contributed by atoms with van der Waals surface area (Å²) in [6.45, 7) is 0.596. The van der Waals surface area contributed by atoms with Crippen LogP contribution < -0.4 is 4.74 Å². The lowest BCUT2D eigenvalue weighted by molar-refractivity contribution is 0.310. The molecular weight excluding hydrogens is 507 g/mol. The van der Waals surface area contributed by atoms with Gasteiger partial charge in [-0.2, -0.15) is 5.21 Å². The Morgan fingerprint density at radius 2 is 1.70 bits per heavy atom. The van der Waals surface area contributed by atoms with Crippen molar-refractivity contribution in [2.75, 3.05) is 6.61 Å². The average molecular weight is 531 g/mol. The van der Waals surface area contributed by atoms with Crippen molar-refractivity contribution in [1.29, 1.82) is 0 Å². The van der Waals surface area contributed by atoms with Gasteiger partial charge in [0.2, 0.25) is 0 Å². The van der Waals surface area contributed by atoms with Crippen molar-refractivity contribution in [2.24, 2.45) is 7.05 Å². The minimum atomic E-state index is 0.580. The van der Waals surface area contributed by atoms with Crippen LogP contribution in [0.5, 0.6) is 5.75 Å². The first-order valence-electron chi connectivity index (χ1n) is 11.8. The number of benzene rings is 3. The average Bonchev–Trinajstić information content (AvgIpc) is 3.56. The monoisotopic (exact) mass is 530 g/mol. The van der Waals surface area contributed by atoms with Crippen LogP contribution in [0.1, 0.15) is 23.6 Å². The number of nitrogens with one attached hydrogen (secondary N) is 1. The number of imidazole rings is 1. The second kappa shape index (κ2) is 11.4. The quantitative estimate of drug-likeness (QED) is 0.213. The zero-order valence-corrected chi connectivity index (χ0v) is 21.6. The zero-order chi connectivity index (χ0) is 25.6. The van der Waals surface area contributed by atoms with Gasteiger partial charge >= 0.3 is 0 Å². The number of ether oxygens (including phenoxy) is 1. The Morgan fingerprint density at radius 3 is 2.41 bits per heavy atom. The van der Waals surface area contributed by atoms with Crippen molar-refractivity contribution >= 4 is 35.4 Å². The maximum Gasteiger partial charge on any atom is 0.174 e. The van der Waals surface area contributed by atoms with E-state index < -0.39 is 0 Å². The van der Waals surface area contributed by atoms with Gasteiger partial charge < -0.3 is 9.30 Å². The highest BCUT2D eigenvalue weighted by atomic mass is 35.5. The molecule has 7 nitrogen and oxygen atoms in total. The third-order valence-corrected chi connectivity index (χ3v) is 6.39. The predicted molar refractivity (Wildman–Crippen MR) is 147 cm³/mol. The van der Waals surface area contributed by atoms with Crippen molar-refractivity contribution in [3.05, 3.63) is 100 Å². The molecule has 2 heterocycles. The topological polar surface area (TPSA) is 81.5 Å². The Bertz CT molecular complexity index is 1490. The van der Waals surface area contributed by atoms with E-state index in [0.717, 1.165) is 52.4 Å². The van der Waals surface area contributed by atoms with Gasteiger partial charge in [0, 0.05) is 30.3 Å². The highest BCUT2D eigenvalue weighted by Gasteiger charge is 2.09. The van der Waals surface area contributed by atoms with E-state index in [1.54, 1.807) is 6.07 Å². The fourth-order valence-electron chi connectivity index (χ4n) is 3.87. The molecule has 0 aliphatic heterocycles. The summed E-state index contributed by atoms with van der Waals surface area (Å²) in [5.41, 5.74) is 5.00. The molecule has 0 aliphatic rings. The molecule has 0 radical (unpaired) electrons. The van der Waals surface area contributed by atoms with Gasteiger partial charge in [-0.15, -0.1) is 10.2 Å². The van der Waals surface area contributed by atoms with Crippen molar-refractivity contribution in [1.82, 2.24) is 30.2 Å². The Labute approximate surface area is 224 Å². The summed E-state index contributed by atoms with van der Waals surface area (Å²) in [6.07, 6.45) is 7.55. The number of hydrogen-bond donors (Lipinski definition) is 1. The Morgan fingerprint density at radius 1 is 0.946 bits per heavy atom. The molecule has 37 heavy (non-hydrogen) atoms. The van der Waals surface area contributed by atoms with Crippen molar-refractivity contribution < 1.29 is 4.74 Å². The summed E-state index contributed by atoms with van der Waals surface area (Å²) < 4.78 is 7.80. The predicted octanol–water partition coefficient (Wildman–Crippen LogP) is 6.76. The standard InChI is InChI=1S/C28H24Cl2N6O/c1-36-18-26(24-14-11-22(29)17-25(24)30)31-28(36)15-6-19-4-7-20(8-5-19)21-9-12-23(13-10-21)37-16-2-3-27-32-34-35-33-27/h4-15,17-18H,2-3,16H2,1H3,(H,32,33,34,35). The summed E-state index contributed by atoms with van der Waals surface area (Å²) in [5, 5.41) is 15.1. The zero-order valence-electron chi connectivity index (χ0n) is 20.1. The maximum absolute atomic E-state index is 6.35. The van der Waals surface area contributed by atoms with Crippen molar-refractivity contribution in [2.45, 2.75) is 12.8 Å². The van der Waals surface area contributed by atoms with Gasteiger partial charge in [-0.25, -0.2) is 4.98 Å². The van der Waals surface area contributed by atoms with Crippen LogP contribution in [0.25, 0.3) is 34.5 Å². The summed E-state index contributed by atoms with van der Waals surface area (Å²) >= 11 is 12.4. The lowest BCUT2D eigenvalue weighted by Crippen LogP contribution is -2.00. The molecule has 0 atom stereocenters. The number of aryl methyl sites for hydroxylation is 2. The fraction of sp³-hybridized carbons (Fsp3) is 0.143. The molecule has 5 aromatic rings. The van der Waals surface area contributed by atoms with Crippen LogP contribution in [0.2, 0.25) is 10.0 Å². The number of halogens is 2. The van der Waals surface area contributed by atoms with E-state index in [0.29, 0.717) is 22.5 Å². The van der Waals surface area contributed by atoms with Crippen LogP contribution in [0.3, 0.4) is 0 Å². The SMILES string of the molecule is Cn1cc(-c2ccc(Cl)cc2Cl)nc1C=Cc1ccc(-c2ccc(OCCCc3nn[nH]n3)cc2)cc1. The molecule has 0 saturated carbocycles. The van der Waals surface area contributed by atoms with Crippen LogP contribution in [0.4, 0.5) is 0 Å². The molecule has 0 aliphatic carbocycles. The summed E-state index contributed by atoms with van der Waals surface area (Å²) in [7, 11) is 1.96. The van der Waals surface area contributed by atoms with Crippen LogP contribution in [0.15, 0.2) is 72.9 Å². The van der Waals surface area contributed by atoms with E-state index in [2.05, 4.69) is 57.0 Å². The molecule has 0 amide bonds. The first-order chi connectivity index (χ1) is 18.0. The molecule has 0 spiro atoms. The van der Waals surface area contributed by atoms with E-state index >= 15 is 0 Å². The lowest BCUT2D eigenvalue weighted by atomic mass is 10.0. The molecule has 1 N–H and O–H groups in total. The van der Waals surface area contributed by atoms with Crippen LogP contribution in [-0.4, -0.2) is 36.8 Å². The molecule has 5 rings (SSSR count). The number of hydrogen-bond acceptors (Lipinski definition) is 5. The maximum atomic E-state index is 6.35. The first-order valence-corrected chi connectivity index (χ1v) is 12.5. The first kappa shape index (κ1) is 24.7. The summed E-state index contributed by atoms with van der Waals surface area (Å²) in [5.74, 6) is 2.37. The third-order valence-electron chi connectivity index (χ3n) is 5.85. The van der Waals surface area contributed by atoms with E-state index in [-0.39, 0.29) is 0 Å². The van der Waals surface area contributed by atoms with Crippen molar-refractivity contribution in [3.8, 4) is 28.1 Å². The molecule has 0 fully saturated rings. The van der Waals surface area contributed by atoms with Gasteiger partial charge in [-0.3, -0.25) is 0 Å². The second-order valence-corrected chi connectivity index (χ2v) is 9.32. The molecule has 2 aromatic heterocycles. The van der Waals surface area contributed by atoms with Gasteiger partial charge in [0.15, 0.2) is 5.82 Å². The molecule has 3 aromatic carbocycles. The number of tetrazole rings is 1. The largest absolute Gasteiger partial charge is 0.494 e. The molecule has 0 bridgehead atoms. The van der Waals surface area contributed by atoms with Crippen LogP contribution in [0, 0.1) is 0 Å². The number of H-pyrrole nitrogens is 1. The van der Waals surface area contributed by atoms with E-state index in [4.69, 9.17) is 32.9 Å². The Kier molecular flexibility index (Phi) is 7.63. The molecule has 9 heteroatoms. The van der Waals surface area contributed by atoms with Gasteiger partial charge in [0.1, 0.15) is 11.6 Å². The van der Waals surface area contributed by atoms with Gasteiger partial charge in [-0.1, -0.05) is 70.9 Å². The second-order valence-electron chi connectivity index (χ2n) is 8.48. The van der Waals surface area contributed by atoms with Crippen LogP contribution in [-0.2, 0) is 13.5 Å². The lowest BCUT2D eigenvalue weighted by Gasteiger charge is -2.07. The number of nitrogens with zero attached hydrogens (tertiary/aromatic N) is 5. The molecule has 0 unspecified atom stereocenters. The van der Waals surface area contributed by atoms with E-state index in [1.807, 2.05) is 54.2 Å². The highest BCUT2D eigenvalue weighted by molar-refractivity contribution is 6.36. The number of aromatic amines is 1. The van der Waals surface area contributed by atoms with E-state index in [9.17, 15) is 0 Å². The Hall–Kier alpha value is -3.94. The fourth-order valence-corrected chi connectivity index (χ4v) is 4.38. The van der Waals surface area contributed by atoms with Crippen LogP contribution >= 0.6 is 23.2 Å². The summed E-state index contributed by atoms with van der Waals surface area (Å²) in [4.78, 5) is 4.72. The minimum absolute atomic E-state index is 0.580. The smallest absolute Gasteiger partial charge is 0.174 e. The minimum Gasteiger partial charge on any atom is -0.494 e. The Balaban J connectivity index is 1.19. The van der Waals surface area contributed by atoms with Crippen molar-refractivity contribution in [3.63, 3.8) is 0 Å². The normalized spacial score (nSPS) is 11.3. The number of aromatic nitrogens is 6. The molecule has 186 valence electrons. The molecular formula is C28H24Cl2N6O. The molecule has 0 saturated heterocycles. The van der Waals surface area contributed by atoms with Gasteiger partial charge in [-0.05, 0) is 59.5 Å². The van der Waals surface area contributed by atoms with E-state index in [1.165, 1.54) is 0 Å². The highest BCUT2D eigenvalue weighted by Crippen LogP contribution is 2.30. The van der Waals surface area contributed by atoms with Gasteiger partial charge in [0.05, 0.1) is 17.3 Å². The van der Waals surface area contributed by atoms with Gasteiger partial charge in [0.25, 0.3) is 0 Å². The third kappa shape index (κ3) is 6.25. The number of rotatable bonds is 9.